The first kappa shape index (κ1) is 5.84. The molecule has 1 atom stereocenters. The predicted molar refractivity (Wildman–Crippen MR) is 20.4 cm³/mol. The highest BCUT2D eigenvalue weighted by molar-refractivity contribution is 4.36. The molecule has 0 aliphatic rings. The zero-order chi connectivity index (χ0) is 4.99. The van der Waals surface area contributed by atoms with Crippen LogP contribution < -0.4 is 11.3 Å². The summed E-state index contributed by atoms with van der Waals surface area (Å²) in [6, 6.07) is 0. The maximum Gasteiger partial charge on any atom is 0.140 e. The number of rotatable bonds is 2. The number of aliphatic hydroxyl groups excluding tert-OH is 2. The van der Waals surface area contributed by atoms with Crippen LogP contribution in [0.5, 0.6) is 0 Å². The smallest absolute Gasteiger partial charge is 0.140 e. The van der Waals surface area contributed by atoms with Gasteiger partial charge in [0, 0.05) is 0 Å². The van der Waals surface area contributed by atoms with Gasteiger partial charge in [-0.2, -0.15) is 0 Å². The Morgan fingerprint density at radius 1 is 1.83 bits per heavy atom. The van der Waals surface area contributed by atoms with E-state index in [1.165, 1.54) is 0 Å². The Bertz CT molecular complexity index is 28.7. The van der Waals surface area contributed by atoms with Crippen LogP contribution in [0.4, 0.5) is 0 Å². The molecule has 0 aliphatic carbocycles. The average molecular weight is 92.1 g/mol. The van der Waals surface area contributed by atoms with Crippen molar-refractivity contribution in [2.24, 2.45) is 5.84 Å². The fourth-order valence-electron chi connectivity index (χ4n) is 0.0527. The molecule has 0 fully saturated rings. The Kier molecular flexibility index (Phi) is 2.97. The van der Waals surface area contributed by atoms with Crippen LogP contribution in [0.15, 0.2) is 0 Å². The number of nitrogens with two attached hydrogens (primary N) is 1. The van der Waals surface area contributed by atoms with Crippen LogP contribution in [0.1, 0.15) is 0 Å². The van der Waals surface area contributed by atoms with Gasteiger partial charge in [0.25, 0.3) is 0 Å². The molecule has 6 heavy (non-hydrogen) atoms. The zero-order valence-electron chi connectivity index (χ0n) is 3.26. The molecule has 0 aromatic carbocycles. The normalized spacial score (nSPS) is 14.5. The lowest BCUT2D eigenvalue weighted by molar-refractivity contribution is 0.0684. The molecule has 0 aliphatic heterocycles. The summed E-state index contributed by atoms with van der Waals surface area (Å²) < 4.78 is 0. The Morgan fingerprint density at radius 3 is 2.33 bits per heavy atom. The summed E-state index contributed by atoms with van der Waals surface area (Å²) in [4.78, 5) is 0. The van der Waals surface area contributed by atoms with Crippen LogP contribution in [0.2, 0.25) is 0 Å². The first-order valence-electron chi connectivity index (χ1n) is 1.56. The topological polar surface area (TPSA) is 78.5 Å². The minimum atomic E-state index is -0.981. The minimum absolute atomic E-state index is 0.351. The quantitative estimate of drug-likeness (QED) is 0.176. The molecular weight excluding hydrogens is 84.0 g/mol. The molecule has 0 saturated heterocycles. The van der Waals surface area contributed by atoms with Gasteiger partial charge >= 0.3 is 0 Å². The highest BCUT2D eigenvalue weighted by Gasteiger charge is 1.90. The van der Waals surface area contributed by atoms with Crippen molar-refractivity contribution in [2.45, 2.75) is 6.23 Å². The Balaban J connectivity index is 2.75. The first-order chi connectivity index (χ1) is 2.81. The van der Waals surface area contributed by atoms with Crippen molar-refractivity contribution in [2.75, 3.05) is 6.61 Å². The second kappa shape index (κ2) is 3.05. The summed E-state index contributed by atoms with van der Waals surface area (Å²) in [5, 5.41) is 16.1. The molecule has 0 aromatic heterocycles. The van der Waals surface area contributed by atoms with E-state index in [4.69, 9.17) is 10.2 Å². The monoisotopic (exact) mass is 92.1 g/mol. The van der Waals surface area contributed by atoms with Gasteiger partial charge in [-0.3, -0.25) is 5.84 Å². The first-order valence-corrected chi connectivity index (χ1v) is 1.56. The third-order valence-corrected chi connectivity index (χ3v) is 0.365. The van der Waals surface area contributed by atoms with E-state index in [1.807, 2.05) is 5.43 Å². The highest BCUT2D eigenvalue weighted by atomic mass is 16.3. The second-order valence-corrected chi connectivity index (χ2v) is 0.865. The van der Waals surface area contributed by atoms with E-state index in [1.54, 1.807) is 0 Å². The van der Waals surface area contributed by atoms with Crippen molar-refractivity contribution < 1.29 is 10.2 Å². The molecule has 0 aromatic rings. The molecule has 0 spiro atoms. The largest absolute Gasteiger partial charge is 0.392 e. The van der Waals surface area contributed by atoms with E-state index in [0.717, 1.165) is 0 Å². The van der Waals surface area contributed by atoms with Gasteiger partial charge < -0.3 is 10.2 Å². The van der Waals surface area contributed by atoms with Crippen LogP contribution in [0, 0.1) is 0 Å². The lowest BCUT2D eigenvalue weighted by atomic mass is 10.6. The molecule has 4 heteroatoms. The number of hydrogen-bond donors (Lipinski definition) is 4. The molecule has 0 amide bonds. The number of nitrogens with one attached hydrogen (secondary N) is 1. The van der Waals surface area contributed by atoms with Gasteiger partial charge in [-0.25, -0.2) is 5.43 Å². The van der Waals surface area contributed by atoms with E-state index >= 15 is 0 Å². The fraction of sp³-hybridized carbons (Fsp3) is 1.00. The lowest BCUT2D eigenvalue weighted by Crippen LogP contribution is -2.37. The third kappa shape index (κ3) is 2.10. The van der Waals surface area contributed by atoms with Crippen molar-refractivity contribution in [1.29, 1.82) is 0 Å². The molecule has 4 nitrogen and oxygen atoms in total. The van der Waals surface area contributed by atoms with Crippen molar-refractivity contribution in [3.05, 3.63) is 0 Å². The molecule has 0 rings (SSSR count). The van der Waals surface area contributed by atoms with E-state index in [9.17, 15) is 0 Å². The highest BCUT2D eigenvalue weighted by Crippen LogP contribution is 1.61. The number of aliphatic hydroxyl groups is 2. The molecular formula is C2H8N2O2. The Morgan fingerprint density at radius 2 is 2.33 bits per heavy atom. The molecule has 38 valence electrons. The summed E-state index contributed by atoms with van der Waals surface area (Å²) >= 11 is 0. The summed E-state index contributed by atoms with van der Waals surface area (Å²) in [7, 11) is 0. The average Bonchev–Trinajstić information content (AvgIpc) is 1.65. The standard InChI is InChI=1S/C2H8N2O2/c3-4-2(6)1-5/h2,4-6H,1,3H2. The Hall–Kier alpha value is -0.160. The van der Waals surface area contributed by atoms with Gasteiger partial charge in [0.15, 0.2) is 0 Å². The molecule has 5 N–H and O–H groups in total. The predicted octanol–water partition coefficient (Wildman–Crippen LogP) is -2.24. The van der Waals surface area contributed by atoms with Crippen LogP contribution in [-0.4, -0.2) is 23.0 Å². The van der Waals surface area contributed by atoms with Crippen LogP contribution in [0.3, 0.4) is 0 Å². The maximum atomic E-state index is 8.18. The molecule has 0 saturated carbocycles. The van der Waals surface area contributed by atoms with E-state index in [2.05, 4.69) is 5.84 Å². The summed E-state index contributed by atoms with van der Waals surface area (Å²) in [5.74, 6) is 4.62. The van der Waals surface area contributed by atoms with Crippen molar-refractivity contribution in [3.63, 3.8) is 0 Å². The van der Waals surface area contributed by atoms with E-state index in [0.29, 0.717) is 0 Å². The van der Waals surface area contributed by atoms with Crippen molar-refractivity contribution in [1.82, 2.24) is 5.43 Å². The van der Waals surface area contributed by atoms with Gasteiger partial charge in [-0.1, -0.05) is 0 Å². The van der Waals surface area contributed by atoms with Crippen molar-refractivity contribution >= 4 is 0 Å². The van der Waals surface area contributed by atoms with E-state index < -0.39 is 6.23 Å². The minimum Gasteiger partial charge on any atom is -0.392 e. The van der Waals surface area contributed by atoms with Crippen LogP contribution in [0.25, 0.3) is 0 Å². The SMILES string of the molecule is NNC(O)CO. The maximum absolute atomic E-state index is 8.18. The molecule has 0 heterocycles. The van der Waals surface area contributed by atoms with Gasteiger partial charge in [0.2, 0.25) is 0 Å². The summed E-state index contributed by atoms with van der Waals surface area (Å²) in [5.41, 5.74) is 1.92. The third-order valence-electron chi connectivity index (χ3n) is 0.365. The summed E-state index contributed by atoms with van der Waals surface area (Å²) in [6.07, 6.45) is -0.981. The van der Waals surface area contributed by atoms with Crippen LogP contribution in [-0.2, 0) is 0 Å². The van der Waals surface area contributed by atoms with Gasteiger partial charge in [-0.15, -0.1) is 0 Å². The Labute approximate surface area is 35.6 Å². The zero-order valence-corrected chi connectivity index (χ0v) is 3.26. The number of hydrogen-bond acceptors (Lipinski definition) is 4. The van der Waals surface area contributed by atoms with Gasteiger partial charge in [0.1, 0.15) is 6.23 Å². The lowest BCUT2D eigenvalue weighted by Gasteiger charge is -2.00. The molecule has 1 unspecified atom stereocenters. The molecule has 0 radical (unpaired) electrons. The van der Waals surface area contributed by atoms with Gasteiger partial charge in [-0.05, 0) is 0 Å². The van der Waals surface area contributed by atoms with E-state index in [-0.39, 0.29) is 6.61 Å². The fourth-order valence-corrected chi connectivity index (χ4v) is 0.0527. The van der Waals surface area contributed by atoms with Gasteiger partial charge in [0.05, 0.1) is 6.61 Å². The summed E-state index contributed by atoms with van der Waals surface area (Å²) in [6.45, 7) is -0.351. The second-order valence-electron chi connectivity index (χ2n) is 0.865. The number of hydrazine groups is 1. The van der Waals surface area contributed by atoms with Crippen molar-refractivity contribution in [3.8, 4) is 0 Å². The van der Waals surface area contributed by atoms with Crippen LogP contribution >= 0.6 is 0 Å². The molecule has 0 bridgehead atoms.